The highest BCUT2D eigenvalue weighted by molar-refractivity contribution is 7.09. The fraction of sp³-hybridized carbons (Fsp3) is 0.350. The first-order valence-corrected chi connectivity index (χ1v) is 9.23. The lowest BCUT2D eigenvalue weighted by atomic mass is 10.2. The summed E-state index contributed by atoms with van der Waals surface area (Å²) in [6.45, 7) is 6.30. The Labute approximate surface area is 155 Å². The maximum atomic E-state index is 12.6. The van der Waals surface area contributed by atoms with Crippen LogP contribution in [0.1, 0.15) is 10.4 Å². The number of thiophene rings is 1. The number of benzene rings is 1. The predicted molar refractivity (Wildman–Crippen MR) is 107 cm³/mol. The molecule has 0 bridgehead atoms. The van der Waals surface area contributed by atoms with Crippen molar-refractivity contribution in [2.75, 3.05) is 39.1 Å². The van der Waals surface area contributed by atoms with Gasteiger partial charge >= 0.3 is 0 Å². The molecule has 0 aliphatic heterocycles. The van der Waals surface area contributed by atoms with Gasteiger partial charge < -0.3 is 9.80 Å². The minimum atomic E-state index is 0.120. The summed E-state index contributed by atoms with van der Waals surface area (Å²) in [5, 5.41) is 2.06. The van der Waals surface area contributed by atoms with E-state index in [4.69, 9.17) is 0 Å². The Morgan fingerprint density at radius 2 is 1.84 bits per heavy atom. The number of hydrogen-bond donors (Lipinski definition) is 0. The average molecular weight is 358 g/mol. The zero-order chi connectivity index (χ0) is 18.2. The second-order valence-corrected chi connectivity index (χ2v) is 7.38. The number of amides is 1. The predicted octanol–water partition coefficient (Wildman–Crippen LogP) is 3.46. The monoisotopic (exact) mass is 357 g/mol. The van der Waals surface area contributed by atoms with E-state index in [0.29, 0.717) is 19.6 Å². The lowest BCUT2D eigenvalue weighted by molar-refractivity contribution is -0.131. The van der Waals surface area contributed by atoms with E-state index in [0.717, 1.165) is 17.8 Å². The highest BCUT2D eigenvalue weighted by Gasteiger charge is 2.15. The van der Waals surface area contributed by atoms with E-state index in [1.54, 1.807) is 16.2 Å². The van der Waals surface area contributed by atoms with Crippen molar-refractivity contribution in [2.24, 2.45) is 0 Å². The lowest BCUT2D eigenvalue weighted by Crippen LogP contribution is -2.37. The Hall–Kier alpha value is -2.11. The van der Waals surface area contributed by atoms with Crippen molar-refractivity contribution in [2.45, 2.75) is 13.1 Å². The molecule has 0 aliphatic carbocycles. The van der Waals surface area contributed by atoms with Gasteiger partial charge in [0.25, 0.3) is 0 Å². The molecule has 0 fully saturated rings. The summed E-state index contributed by atoms with van der Waals surface area (Å²) in [4.78, 5) is 19.8. The van der Waals surface area contributed by atoms with Gasteiger partial charge in [0.15, 0.2) is 0 Å². The zero-order valence-electron chi connectivity index (χ0n) is 15.3. The molecule has 25 heavy (non-hydrogen) atoms. The van der Waals surface area contributed by atoms with Crippen LogP contribution in [0.25, 0.3) is 0 Å². The molecule has 0 atom stereocenters. The third-order valence-electron chi connectivity index (χ3n) is 4.00. The first-order chi connectivity index (χ1) is 12.0. The third kappa shape index (κ3) is 6.03. The van der Waals surface area contributed by atoms with Crippen LogP contribution in [-0.2, 0) is 17.9 Å². The van der Waals surface area contributed by atoms with E-state index >= 15 is 0 Å². The molecule has 0 saturated carbocycles. The molecule has 0 aliphatic rings. The Kier molecular flexibility index (Phi) is 7.22. The van der Waals surface area contributed by atoms with E-state index in [2.05, 4.69) is 52.1 Å². The minimum Gasteiger partial charge on any atom is -0.378 e. The number of nitrogens with zero attached hydrogens (tertiary/aromatic N) is 3. The van der Waals surface area contributed by atoms with Gasteiger partial charge in [0.05, 0.1) is 6.54 Å². The molecule has 2 aromatic rings. The van der Waals surface area contributed by atoms with Gasteiger partial charge in [-0.3, -0.25) is 9.69 Å². The van der Waals surface area contributed by atoms with Crippen LogP contribution in [0.5, 0.6) is 0 Å². The molecule has 134 valence electrons. The van der Waals surface area contributed by atoms with Gasteiger partial charge in [-0.2, -0.15) is 0 Å². The normalized spacial score (nSPS) is 10.7. The van der Waals surface area contributed by atoms with Gasteiger partial charge in [-0.05, 0) is 29.1 Å². The van der Waals surface area contributed by atoms with Gasteiger partial charge in [-0.1, -0.05) is 24.3 Å². The molecule has 2 rings (SSSR count). The summed E-state index contributed by atoms with van der Waals surface area (Å²) in [7, 11) is 5.90. The lowest BCUT2D eigenvalue weighted by Gasteiger charge is -2.24. The smallest absolute Gasteiger partial charge is 0.236 e. The maximum absolute atomic E-state index is 12.6. The standard InChI is InChI=1S/C20H27N3OS/c1-5-12-23(15-19-7-6-13-25-19)16-20(24)22(4)14-17-8-10-18(11-9-17)21(2)3/h5-11,13H,1,12,14-16H2,2-4H3. The number of rotatable bonds is 9. The molecule has 1 aromatic heterocycles. The number of anilines is 1. The number of carbonyl (C=O) groups is 1. The Morgan fingerprint density at radius 3 is 2.40 bits per heavy atom. The molecule has 1 amide bonds. The highest BCUT2D eigenvalue weighted by atomic mass is 32.1. The van der Waals surface area contributed by atoms with Crippen molar-refractivity contribution in [1.82, 2.24) is 9.80 Å². The van der Waals surface area contributed by atoms with Crippen molar-refractivity contribution in [3.8, 4) is 0 Å². The third-order valence-corrected chi connectivity index (χ3v) is 4.87. The SMILES string of the molecule is C=CCN(CC(=O)N(C)Cc1ccc(N(C)C)cc1)Cc1cccs1. The van der Waals surface area contributed by atoms with E-state index in [1.165, 1.54) is 4.88 Å². The second kappa shape index (κ2) is 9.39. The van der Waals surface area contributed by atoms with Gasteiger partial charge in [-0.15, -0.1) is 17.9 Å². The summed E-state index contributed by atoms with van der Waals surface area (Å²) in [5.74, 6) is 0.120. The quantitative estimate of drug-likeness (QED) is 0.643. The molecular formula is C20H27N3OS. The second-order valence-electron chi connectivity index (χ2n) is 6.35. The van der Waals surface area contributed by atoms with Crippen LogP contribution in [0.2, 0.25) is 0 Å². The van der Waals surface area contributed by atoms with Crippen LogP contribution in [0.15, 0.2) is 54.4 Å². The molecule has 0 saturated heterocycles. The topological polar surface area (TPSA) is 26.8 Å². The zero-order valence-corrected chi connectivity index (χ0v) is 16.1. The fourth-order valence-electron chi connectivity index (χ4n) is 2.56. The molecular weight excluding hydrogens is 330 g/mol. The highest BCUT2D eigenvalue weighted by Crippen LogP contribution is 2.14. The van der Waals surface area contributed by atoms with Crippen LogP contribution >= 0.6 is 11.3 Å². The number of carbonyl (C=O) groups excluding carboxylic acids is 1. The van der Waals surface area contributed by atoms with E-state index in [1.807, 2.05) is 33.3 Å². The van der Waals surface area contributed by atoms with Crippen molar-refractivity contribution in [1.29, 1.82) is 0 Å². The van der Waals surface area contributed by atoms with Crippen molar-refractivity contribution in [3.63, 3.8) is 0 Å². The molecule has 1 heterocycles. The average Bonchev–Trinajstić information content (AvgIpc) is 3.08. The molecule has 1 aromatic carbocycles. The summed E-state index contributed by atoms with van der Waals surface area (Å²) < 4.78 is 0. The van der Waals surface area contributed by atoms with Crippen LogP contribution in [0.3, 0.4) is 0 Å². The molecule has 5 heteroatoms. The molecule has 0 unspecified atom stereocenters. The van der Waals surface area contributed by atoms with Crippen LogP contribution in [0, 0.1) is 0 Å². The van der Waals surface area contributed by atoms with E-state index in [9.17, 15) is 4.79 Å². The fourth-order valence-corrected chi connectivity index (χ4v) is 3.31. The molecule has 4 nitrogen and oxygen atoms in total. The summed E-state index contributed by atoms with van der Waals surface area (Å²) in [5.41, 5.74) is 2.29. The van der Waals surface area contributed by atoms with E-state index in [-0.39, 0.29) is 5.91 Å². The number of likely N-dealkylation sites (N-methyl/N-ethyl adjacent to an activating group) is 1. The summed E-state index contributed by atoms with van der Waals surface area (Å²) in [6, 6.07) is 12.4. The van der Waals surface area contributed by atoms with Crippen LogP contribution in [0.4, 0.5) is 5.69 Å². The first-order valence-electron chi connectivity index (χ1n) is 8.35. The van der Waals surface area contributed by atoms with Crippen LogP contribution in [-0.4, -0.2) is 49.9 Å². The summed E-state index contributed by atoms with van der Waals surface area (Å²) >= 11 is 1.71. The van der Waals surface area contributed by atoms with Gasteiger partial charge in [0.2, 0.25) is 5.91 Å². The van der Waals surface area contributed by atoms with Crippen LogP contribution < -0.4 is 4.90 Å². The van der Waals surface area contributed by atoms with Gasteiger partial charge in [-0.25, -0.2) is 0 Å². The van der Waals surface area contributed by atoms with Crippen molar-refractivity contribution >= 4 is 22.9 Å². The first kappa shape index (κ1) is 19.2. The number of hydrogen-bond acceptors (Lipinski definition) is 4. The summed E-state index contributed by atoms with van der Waals surface area (Å²) in [6.07, 6.45) is 1.85. The van der Waals surface area contributed by atoms with Crippen molar-refractivity contribution in [3.05, 3.63) is 64.9 Å². The maximum Gasteiger partial charge on any atom is 0.236 e. The van der Waals surface area contributed by atoms with E-state index < -0.39 is 0 Å². The largest absolute Gasteiger partial charge is 0.378 e. The Bertz CT molecular complexity index is 665. The molecule has 0 spiro atoms. The minimum absolute atomic E-state index is 0.120. The Morgan fingerprint density at radius 1 is 1.12 bits per heavy atom. The van der Waals surface area contributed by atoms with Gasteiger partial charge in [0, 0.05) is 51.3 Å². The molecule has 0 radical (unpaired) electrons. The van der Waals surface area contributed by atoms with Gasteiger partial charge in [0.1, 0.15) is 0 Å². The Balaban J connectivity index is 1.91. The van der Waals surface area contributed by atoms with Crippen molar-refractivity contribution < 1.29 is 4.79 Å². The molecule has 0 N–H and O–H groups in total.